The molecule has 29 heavy (non-hydrogen) atoms. The van der Waals surface area contributed by atoms with Gasteiger partial charge in [-0.05, 0) is 18.2 Å². The van der Waals surface area contributed by atoms with E-state index in [2.05, 4.69) is 5.32 Å². The molecule has 0 bridgehead atoms. The molecule has 0 heterocycles. The highest BCUT2D eigenvalue weighted by Gasteiger charge is 2.35. The summed E-state index contributed by atoms with van der Waals surface area (Å²) in [7, 11) is 3.17. The maximum atomic E-state index is 14.0. The monoisotopic (exact) mass is 400 g/mol. The Morgan fingerprint density at radius 2 is 1.97 bits per heavy atom. The molecule has 0 aromatic heterocycles. The summed E-state index contributed by atoms with van der Waals surface area (Å²) in [4.78, 5) is 27.4. The lowest BCUT2D eigenvalue weighted by atomic mass is 10.2. The van der Waals surface area contributed by atoms with Crippen molar-refractivity contribution in [3.63, 3.8) is 0 Å². The third kappa shape index (κ3) is 6.02. The van der Waals surface area contributed by atoms with Crippen LogP contribution in [0.1, 0.15) is 18.4 Å². The lowest BCUT2D eigenvalue weighted by Gasteiger charge is -2.23. The molecule has 1 aliphatic carbocycles. The molecule has 2 amide bonds. The van der Waals surface area contributed by atoms with Gasteiger partial charge in [0, 0.05) is 37.2 Å². The summed E-state index contributed by atoms with van der Waals surface area (Å²) < 4.78 is 19.1. The summed E-state index contributed by atoms with van der Waals surface area (Å²) in [6.07, 6.45) is 2.08. The van der Waals surface area contributed by atoms with Gasteiger partial charge in [0.2, 0.25) is 5.91 Å². The van der Waals surface area contributed by atoms with Crippen LogP contribution >= 0.6 is 0 Å². The first kappa shape index (κ1) is 20.8. The van der Waals surface area contributed by atoms with E-state index in [1.807, 2.05) is 0 Å². The number of quaternary nitrogens is 1. The standard InChI is InChI=1S/C22H26FN3O3/c1-25(14-21(27)24-17-7-5-8-19(12-17)29-2)22(28)15-26(18-10-11-18)13-16-6-3-4-9-20(16)23/h3-9,12,18H,10-11,13-15H2,1-2H3,(H,24,27)/p+1. The second kappa shape index (κ2) is 9.52. The Morgan fingerprint density at radius 3 is 2.66 bits per heavy atom. The Hall–Kier alpha value is -2.93. The fraction of sp³-hybridized carbons (Fsp3) is 0.364. The molecule has 2 aromatic rings. The van der Waals surface area contributed by atoms with Gasteiger partial charge in [0.05, 0.1) is 19.7 Å². The van der Waals surface area contributed by atoms with Crippen LogP contribution in [0.25, 0.3) is 0 Å². The third-order valence-electron chi connectivity index (χ3n) is 5.07. The van der Waals surface area contributed by atoms with Gasteiger partial charge in [-0.15, -0.1) is 0 Å². The zero-order chi connectivity index (χ0) is 20.8. The first-order valence-corrected chi connectivity index (χ1v) is 9.72. The molecule has 3 rings (SSSR count). The quantitative estimate of drug-likeness (QED) is 0.670. The maximum absolute atomic E-state index is 14.0. The van der Waals surface area contributed by atoms with Crippen molar-refractivity contribution < 1.29 is 23.6 Å². The van der Waals surface area contributed by atoms with Gasteiger partial charge in [-0.1, -0.05) is 24.3 Å². The summed E-state index contributed by atoms with van der Waals surface area (Å²) in [6, 6.07) is 14.1. The van der Waals surface area contributed by atoms with Crippen LogP contribution in [-0.2, 0) is 16.1 Å². The average molecular weight is 400 g/mol. The number of nitrogens with zero attached hydrogens (tertiary/aromatic N) is 1. The molecule has 7 heteroatoms. The van der Waals surface area contributed by atoms with Crippen LogP contribution in [0.2, 0.25) is 0 Å². The van der Waals surface area contributed by atoms with Crippen LogP contribution in [0.3, 0.4) is 0 Å². The predicted octanol–water partition coefficient (Wildman–Crippen LogP) is 1.48. The molecular formula is C22H27FN3O3+. The highest BCUT2D eigenvalue weighted by Crippen LogP contribution is 2.17. The Bertz CT molecular complexity index is 870. The average Bonchev–Trinajstić information content (AvgIpc) is 3.54. The van der Waals surface area contributed by atoms with E-state index in [1.165, 1.54) is 11.0 Å². The molecule has 1 fully saturated rings. The molecular weight excluding hydrogens is 373 g/mol. The van der Waals surface area contributed by atoms with Crippen molar-refractivity contribution in [2.24, 2.45) is 0 Å². The number of anilines is 1. The number of hydrogen-bond acceptors (Lipinski definition) is 3. The summed E-state index contributed by atoms with van der Waals surface area (Å²) in [5, 5.41) is 2.77. The van der Waals surface area contributed by atoms with Crippen LogP contribution in [0.5, 0.6) is 5.75 Å². The lowest BCUT2D eigenvalue weighted by molar-refractivity contribution is -0.917. The zero-order valence-corrected chi connectivity index (χ0v) is 16.8. The molecule has 0 spiro atoms. The second-order valence-electron chi connectivity index (χ2n) is 7.41. The molecule has 1 unspecified atom stereocenters. The Balaban J connectivity index is 1.54. The minimum Gasteiger partial charge on any atom is -0.497 e. The third-order valence-corrected chi connectivity index (χ3v) is 5.07. The van der Waals surface area contributed by atoms with E-state index >= 15 is 0 Å². The van der Waals surface area contributed by atoms with Crippen molar-refractivity contribution in [1.82, 2.24) is 4.90 Å². The number of amides is 2. The summed E-state index contributed by atoms with van der Waals surface area (Å²) >= 11 is 0. The lowest BCUT2D eigenvalue weighted by Crippen LogP contribution is -3.13. The van der Waals surface area contributed by atoms with Crippen molar-refractivity contribution >= 4 is 17.5 Å². The number of likely N-dealkylation sites (N-methyl/N-ethyl adjacent to an activating group) is 1. The Morgan fingerprint density at radius 1 is 1.21 bits per heavy atom. The van der Waals surface area contributed by atoms with E-state index in [9.17, 15) is 14.0 Å². The van der Waals surface area contributed by atoms with Gasteiger partial charge >= 0.3 is 0 Å². The number of benzene rings is 2. The maximum Gasteiger partial charge on any atom is 0.277 e. The Labute approximate surface area is 170 Å². The highest BCUT2D eigenvalue weighted by atomic mass is 19.1. The number of carbonyl (C=O) groups excluding carboxylic acids is 2. The minimum atomic E-state index is -0.281. The van der Waals surface area contributed by atoms with E-state index in [4.69, 9.17) is 4.74 Å². The minimum absolute atomic E-state index is 0.0479. The van der Waals surface area contributed by atoms with Crippen molar-refractivity contribution in [2.45, 2.75) is 25.4 Å². The molecule has 1 atom stereocenters. The SMILES string of the molecule is COc1cccc(NC(=O)CN(C)C(=O)C[NH+](Cc2ccccc2F)C2CC2)c1. The number of nitrogens with one attached hydrogen (secondary N) is 2. The second-order valence-corrected chi connectivity index (χ2v) is 7.41. The van der Waals surface area contributed by atoms with Gasteiger partial charge in [0.15, 0.2) is 6.54 Å². The van der Waals surface area contributed by atoms with Crippen molar-refractivity contribution in [1.29, 1.82) is 0 Å². The van der Waals surface area contributed by atoms with Gasteiger partial charge in [-0.25, -0.2) is 4.39 Å². The number of rotatable bonds is 9. The van der Waals surface area contributed by atoms with Crippen LogP contribution < -0.4 is 15.0 Å². The zero-order valence-electron chi connectivity index (χ0n) is 16.8. The van der Waals surface area contributed by atoms with E-state index < -0.39 is 0 Å². The summed E-state index contributed by atoms with van der Waals surface area (Å²) in [5.74, 6) is -0.0200. The number of halogens is 1. The van der Waals surface area contributed by atoms with Gasteiger partial charge < -0.3 is 19.9 Å². The molecule has 6 nitrogen and oxygen atoms in total. The van der Waals surface area contributed by atoms with Crippen LogP contribution in [-0.4, -0.2) is 50.0 Å². The van der Waals surface area contributed by atoms with E-state index in [0.717, 1.165) is 17.7 Å². The fourth-order valence-corrected chi connectivity index (χ4v) is 3.26. The van der Waals surface area contributed by atoms with Gasteiger partial charge in [-0.3, -0.25) is 9.59 Å². The van der Waals surface area contributed by atoms with Crippen molar-refractivity contribution in [3.05, 3.63) is 59.9 Å². The molecule has 2 aromatic carbocycles. The number of methoxy groups -OCH3 is 1. The number of hydrogen-bond donors (Lipinski definition) is 2. The fourth-order valence-electron chi connectivity index (χ4n) is 3.26. The van der Waals surface area contributed by atoms with E-state index in [1.54, 1.807) is 56.6 Å². The van der Waals surface area contributed by atoms with Gasteiger partial charge in [-0.2, -0.15) is 0 Å². The largest absolute Gasteiger partial charge is 0.497 e. The number of carbonyl (C=O) groups is 2. The molecule has 154 valence electrons. The molecule has 1 saturated carbocycles. The van der Waals surface area contributed by atoms with E-state index in [-0.39, 0.29) is 30.7 Å². The van der Waals surface area contributed by atoms with Gasteiger partial charge in [0.1, 0.15) is 18.1 Å². The van der Waals surface area contributed by atoms with Gasteiger partial charge in [0.25, 0.3) is 5.91 Å². The van der Waals surface area contributed by atoms with Crippen molar-refractivity contribution in [2.75, 3.05) is 32.6 Å². The Kier molecular flexibility index (Phi) is 6.82. The first-order valence-electron chi connectivity index (χ1n) is 9.72. The van der Waals surface area contributed by atoms with E-state index in [0.29, 0.717) is 29.6 Å². The van der Waals surface area contributed by atoms with Crippen LogP contribution in [0, 0.1) is 5.82 Å². The van der Waals surface area contributed by atoms with Crippen molar-refractivity contribution in [3.8, 4) is 5.75 Å². The molecule has 0 saturated heterocycles. The normalized spacial score (nSPS) is 14.2. The van der Waals surface area contributed by atoms with Crippen LogP contribution in [0.4, 0.5) is 10.1 Å². The topological polar surface area (TPSA) is 63.1 Å². The molecule has 1 aliphatic rings. The number of ether oxygens (including phenoxy) is 1. The molecule has 0 radical (unpaired) electrons. The molecule has 2 N–H and O–H groups in total. The first-order chi connectivity index (χ1) is 14.0. The summed E-state index contributed by atoms with van der Waals surface area (Å²) in [6.45, 7) is 0.655. The summed E-state index contributed by atoms with van der Waals surface area (Å²) in [5.41, 5.74) is 1.22. The predicted molar refractivity (Wildman–Crippen MR) is 108 cm³/mol. The highest BCUT2D eigenvalue weighted by molar-refractivity contribution is 5.94. The molecule has 0 aliphatic heterocycles. The smallest absolute Gasteiger partial charge is 0.277 e. The van der Waals surface area contributed by atoms with Crippen LogP contribution in [0.15, 0.2) is 48.5 Å².